The number of halogens is 1. The number of anilines is 1. The maximum Gasteiger partial charge on any atom is 0.226 e. The fraction of sp³-hybridized carbons (Fsp3) is 0.265. The van der Waals surface area contributed by atoms with Gasteiger partial charge in [0.1, 0.15) is 23.9 Å². The standard InChI is InChI=1S/C34H33FN8O2/c1-20(2)34(44)39-24-10-22(15-36-16-24)29-14-27-32(19-38-29)41-42-33(27)30-13-26-28(17-37-18-31(26)40-30)21-9-23(35)12-25(11-21)45-8-7-43-5-3-4-6-43/h9-20,40H,3-8H2,1-2H3,(H,39,44)(H,41,42). The van der Waals surface area contributed by atoms with Crippen LogP contribution in [-0.2, 0) is 4.79 Å². The monoisotopic (exact) mass is 604 g/mol. The second kappa shape index (κ2) is 12.1. The summed E-state index contributed by atoms with van der Waals surface area (Å²) in [4.78, 5) is 31.4. The molecule has 0 spiro atoms. The Morgan fingerprint density at radius 2 is 1.80 bits per heavy atom. The summed E-state index contributed by atoms with van der Waals surface area (Å²) in [5.41, 5.74) is 6.57. The normalized spacial score (nSPS) is 13.7. The van der Waals surface area contributed by atoms with Crippen molar-refractivity contribution in [1.82, 2.24) is 35.0 Å². The summed E-state index contributed by atoms with van der Waals surface area (Å²) in [5.74, 6) is -0.0963. The number of amides is 1. The van der Waals surface area contributed by atoms with Gasteiger partial charge in [0.2, 0.25) is 5.91 Å². The molecule has 1 aliphatic rings. The van der Waals surface area contributed by atoms with Crippen LogP contribution in [0.25, 0.3) is 55.6 Å². The minimum absolute atomic E-state index is 0.0818. The molecule has 5 aromatic heterocycles. The SMILES string of the molecule is CC(C)C(=O)Nc1cncc(-c2cc3c(-c4cc5c(-c6cc(F)cc(OCCN7CCCC7)c6)cncc5[nH]4)n[nH]c3cn2)c1. The molecule has 1 fully saturated rings. The number of ether oxygens (including phenoxy) is 1. The molecule has 7 rings (SSSR count). The number of rotatable bonds is 9. The predicted molar refractivity (Wildman–Crippen MR) is 172 cm³/mol. The average Bonchev–Trinajstić information content (AvgIpc) is 3.80. The molecule has 6 heterocycles. The van der Waals surface area contributed by atoms with Gasteiger partial charge in [0.05, 0.1) is 46.7 Å². The Kier molecular flexibility index (Phi) is 7.68. The summed E-state index contributed by atoms with van der Waals surface area (Å²) in [6.07, 6.45) is 11.0. The molecule has 0 unspecified atom stereocenters. The van der Waals surface area contributed by atoms with Crippen molar-refractivity contribution in [2.45, 2.75) is 26.7 Å². The van der Waals surface area contributed by atoms with Crippen LogP contribution in [0, 0.1) is 11.7 Å². The number of carbonyl (C=O) groups is 1. The molecule has 228 valence electrons. The zero-order valence-corrected chi connectivity index (χ0v) is 25.1. The molecule has 11 heteroatoms. The molecule has 1 amide bonds. The van der Waals surface area contributed by atoms with E-state index in [1.54, 1.807) is 31.0 Å². The third-order valence-electron chi connectivity index (χ3n) is 8.13. The average molecular weight is 605 g/mol. The Hall–Kier alpha value is -5.16. The Balaban J connectivity index is 1.20. The Labute approximate surface area is 259 Å². The first kappa shape index (κ1) is 28.6. The second-order valence-corrected chi connectivity index (χ2v) is 11.7. The molecule has 3 N–H and O–H groups in total. The fourth-order valence-corrected chi connectivity index (χ4v) is 5.72. The molecular formula is C34H33FN8O2. The van der Waals surface area contributed by atoms with E-state index in [1.807, 2.05) is 38.1 Å². The number of nitrogens with zero attached hydrogens (tertiary/aromatic N) is 5. The van der Waals surface area contributed by atoms with Gasteiger partial charge in [-0.25, -0.2) is 4.39 Å². The van der Waals surface area contributed by atoms with E-state index in [1.165, 1.54) is 25.0 Å². The van der Waals surface area contributed by atoms with E-state index in [0.717, 1.165) is 58.3 Å². The van der Waals surface area contributed by atoms with Crippen molar-refractivity contribution in [2.24, 2.45) is 5.92 Å². The maximum absolute atomic E-state index is 14.8. The van der Waals surface area contributed by atoms with Gasteiger partial charge in [-0.2, -0.15) is 5.10 Å². The van der Waals surface area contributed by atoms with Gasteiger partial charge in [0.25, 0.3) is 0 Å². The van der Waals surface area contributed by atoms with E-state index in [2.05, 4.69) is 40.3 Å². The Morgan fingerprint density at radius 3 is 2.64 bits per heavy atom. The summed E-state index contributed by atoms with van der Waals surface area (Å²) < 4.78 is 20.7. The smallest absolute Gasteiger partial charge is 0.226 e. The number of pyridine rings is 3. The number of fused-ring (bicyclic) bond motifs is 2. The maximum atomic E-state index is 14.8. The molecule has 0 atom stereocenters. The van der Waals surface area contributed by atoms with Crippen LogP contribution < -0.4 is 10.1 Å². The molecule has 0 saturated carbocycles. The highest BCUT2D eigenvalue weighted by Gasteiger charge is 2.17. The first-order valence-electron chi connectivity index (χ1n) is 15.1. The first-order valence-corrected chi connectivity index (χ1v) is 15.1. The highest BCUT2D eigenvalue weighted by Crippen LogP contribution is 2.36. The van der Waals surface area contributed by atoms with Crippen LogP contribution in [0.4, 0.5) is 10.1 Å². The summed E-state index contributed by atoms with van der Waals surface area (Å²) in [5, 5.41) is 12.3. The van der Waals surface area contributed by atoms with Gasteiger partial charge in [-0.3, -0.25) is 29.7 Å². The summed E-state index contributed by atoms with van der Waals surface area (Å²) >= 11 is 0. The van der Waals surface area contributed by atoms with Crippen LogP contribution in [0.2, 0.25) is 0 Å². The van der Waals surface area contributed by atoms with E-state index in [4.69, 9.17) is 4.74 Å². The Morgan fingerprint density at radius 1 is 0.956 bits per heavy atom. The van der Waals surface area contributed by atoms with Gasteiger partial charge < -0.3 is 15.0 Å². The molecule has 0 aliphatic carbocycles. The molecule has 6 aromatic rings. The minimum atomic E-state index is -0.364. The van der Waals surface area contributed by atoms with Crippen molar-refractivity contribution in [2.75, 3.05) is 31.6 Å². The minimum Gasteiger partial charge on any atom is -0.492 e. The van der Waals surface area contributed by atoms with Crippen LogP contribution in [-0.4, -0.2) is 67.2 Å². The van der Waals surface area contributed by atoms with Gasteiger partial charge in [0.15, 0.2) is 0 Å². The van der Waals surface area contributed by atoms with Crippen molar-refractivity contribution in [3.05, 3.63) is 73.2 Å². The lowest BCUT2D eigenvalue weighted by Crippen LogP contribution is -2.25. The third kappa shape index (κ3) is 5.99. The number of aromatic nitrogens is 6. The van der Waals surface area contributed by atoms with E-state index >= 15 is 0 Å². The van der Waals surface area contributed by atoms with E-state index in [9.17, 15) is 9.18 Å². The summed E-state index contributed by atoms with van der Waals surface area (Å²) in [6.45, 7) is 7.20. The largest absolute Gasteiger partial charge is 0.492 e. The van der Waals surface area contributed by atoms with Crippen molar-refractivity contribution in [3.63, 3.8) is 0 Å². The van der Waals surface area contributed by atoms with Crippen LogP contribution in [0.1, 0.15) is 26.7 Å². The topological polar surface area (TPSA) is 125 Å². The molecule has 1 saturated heterocycles. The Bertz CT molecular complexity index is 2010. The quantitative estimate of drug-likeness (QED) is 0.174. The summed E-state index contributed by atoms with van der Waals surface area (Å²) in [7, 11) is 0. The van der Waals surface area contributed by atoms with Crippen molar-refractivity contribution < 1.29 is 13.9 Å². The van der Waals surface area contributed by atoms with E-state index in [-0.39, 0.29) is 17.6 Å². The molecule has 0 bridgehead atoms. The molecular weight excluding hydrogens is 571 g/mol. The lowest BCUT2D eigenvalue weighted by atomic mass is 10.0. The second-order valence-electron chi connectivity index (χ2n) is 11.7. The van der Waals surface area contributed by atoms with Gasteiger partial charge in [0, 0.05) is 52.8 Å². The number of H-pyrrole nitrogens is 2. The lowest BCUT2D eigenvalue weighted by molar-refractivity contribution is -0.118. The number of hydrogen-bond acceptors (Lipinski definition) is 7. The van der Waals surface area contributed by atoms with Crippen LogP contribution >= 0.6 is 0 Å². The number of likely N-dealkylation sites (tertiary alicyclic amines) is 1. The molecule has 1 aliphatic heterocycles. The van der Waals surface area contributed by atoms with Crippen molar-refractivity contribution >= 4 is 33.4 Å². The zero-order valence-electron chi connectivity index (χ0n) is 25.1. The van der Waals surface area contributed by atoms with Gasteiger partial charge in [-0.15, -0.1) is 0 Å². The van der Waals surface area contributed by atoms with Crippen LogP contribution in [0.3, 0.4) is 0 Å². The number of nitrogens with one attached hydrogen (secondary N) is 3. The van der Waals surface area contributed by atoms with Crippen molar-refractivity contribution in [1.29, 1.82) is 0 Å². The van der Waals surface area contributed by atoms with Crippen LogP contribution in [0.15, 0.2) is 67.4 Å². The van der Waals surface area contributed by atoms with Gasteiger partial charge in [-0.05, 0) is 61.8 Å². The highest BCUT2D eigenvalue weighted by atomic mass is 19.1. The number of carbonyl (C=O) groups excluding carboxylic acids is 1. The number of hydrogen-bond donors (Lipinski definition) is 3. The zero-order chi connectivity index (χ0) is 30.9. The molecule has 10 nitrogen and oxygen atoms in total. The molecule has 45 heavy (non-hydrogen) atoms. The number of aromatic amines is 2. The summed E-state index contributed by atoms with van der Waals surface area (Å²) in [6, 6.07) is 10.6. The fourth-order valence-electron chi connectivity index (χ4n) is 5.72. The van der Waals surface area contributed by atoms with Crippen molar-refractivity contribution in [3.8, 4) is 39.5 Å². The van der Waals surface area contributed by atoms with Gasteiger partial charge in [-0.1, -0.05) is 13.8 Å². The lowest BCUT2D eigenvalue weighted by Gasteiger charge is -2.15. The first-order chi connectivity index (χ1) is 21.9. The van der Waals surface area contributed by atoms with E-state index in [0.29, 0.717) is 35.0 Å². The molecule has 0 radical (unpaired) electrons. The highest BCUT2D eigenvalue weighted by molar-refractivity contribution is 6.01. The predicted octanol–water partition coefficient (Wildman–Crippen LogP) is 6.44. The van der Waals surface area contributed by atoms with E-state index < -0.39 is 0 Å². The van der Waals surface area contributed by atoms with Gasteiger partial charge >= 0.3 is 0 Å². The van der Waals surface area contributed by atoms with Crippen LogP contribution in [0.5, 0.6) is 5.75 Å². The molecule has 1 aromatic carbocycles. The third-order valence-corrected chi connectivity index (χ3v) is 8.13. The number of benzene rings is 1.